The van der Waals surface area contributed by atoms with Gasteiger partial charge in [-0.25, -0.2) is 8.42 Å². The minimum atomic E-state index is -3.45. The lowest BCUT2D eigenvalue weighted by atomic mass is 10.2. The van der Waals surface area contributed by atoms with Crippen LogP contribution in [0.3, 0.4) is 0 Å². The number of benzene rings is 1. The van der Waals surface area contributed by atoms with Crippen LogP contribution in [0, 0.1) is 0 Å². The zero-order valence-corrected chi connectivity index (χ0v) is 11.7. The van der Waals surface area contributed by atoms with Crippen LogP contribution in [-0.2, 0) is 23.1 Å². The van der Waals surface area contributed by atoms with Crippen LogP contribution in [0.25, 0.3) is 0 Å². The van der Waals surface area contributed by atoms with Gasteiger partial charge in [0, 0.05) is 18.0 Å². The van der Waals surface area contributed by atoms with Gasteiger partial charge in [0.25, 0.3) is 0 Å². The third kappa shape index (κ3) is 4.04. The Kier molecular flexibility index (Phi) is 4.70. The van der Waals surface area contributed by atoms with Crippen molar-refractivity contribution in [3.63, 3.8) is 0 Å². The first-order valence-electron chi connectivity index (χ1n) is 6.19. The molecule has 0 radical (unpaired) electrons. The summed E-state index contributed by atoms with van der Waals surface area (Å²) in [4.78, 5) is 3.89. The molecule has 0 fully saturated rings. The van der Waals surface area contributed by atoms with Gasteiger partial charge in [0.05, 0.1) is 18.0 Å². The van der Waals surface area contributed by atoms with Crippen LogP contribution in [0.15, 0.2) is 48.8 Å². The zero-order chi connectivity index (χ0) is 14.4. The van der Waals surface area contributed by atoms with E-state index in [1.54, 1.807) is 48.8 Å². The number of hydrogen-bond donors (Lipinski definition) is 2. The predicted molar refractivity (Wildman–Crippen MR) is 77.7 cm³/mol. The first-order valence-corrected chi connectivity index (χ1v) is 7.84. The second kappa shape index (κ2) is 6.49. The summed E-state index contributed by atoms with van der Waals surface area (Å²) in [5.41, 5.74) is 1.89. The number of aliphatic hydroxyl groups excluding tert-OH is 1. The van der Waals surface area contributed by atoms with E-state index >= 15 is 0 Å². The minimum absolute atomic E-state index is 0.0171. The fraction of sp³-hybridized carbons (Fsp3) is 0.214. The van der Waals surface area contributed by atoms with Crippen LogP contribution in [0.4, 0.5) is 5.69 Å². The molecular weight excluding hydrogens is 276 g/mol. The van der Waals surface area contributed by atoms with Crippen molar-refractivity contribution in [2.24, 2.45) is 0 Å². The van der Waals surface area contributed by atoms with Crippen molar-refractivity contribution < 1.29 is 13.5 Å². The van der Waals surface area contributed by atoms with E-state index in [0.29, 0.717) is 17.7 Å². The lowest BCUT2D eigenvalue weighted by Gasteiger charge is -2.11. The molecular formula is C14H16N2O3S. The first-order chi connectivity index (χ1) is 9.61. The van der Waals surface area contributed by atoms with Gasteiger partial charge in [-0.2, -0.15) is 0 Å². The Hall–Kier alpha value is -1.92. The summed E-state index contributed by atoms with van der Waals surface area (Å²) in [6.45, 7) is -0.205. The average molecular weight is 292 g/mol. The van der Waals surface area contributed by atoms with E-state index in [0.717, 1.165) is 5.56 Å². The molecule has 0 aliphatic heterocycles. The molecule has 20 heavy (non-hydrogen) atoms. The Morgan fingerprint density at radius 3 is 2.50 bits per heavy atom. The molecule has 0 spiro atoms. The maximum atomic E-state index is 12.0. The Bertz CT molecular complexity index is 657. The molecule has 0 aliphatic carbocycles. The number of para-hydroxylation sites is 1. The number of aryl methyl sites for hydroxylation is 1. The summed E-state index contributed by atoms with van der Waals surface area (Å²) >= 11 is 0. The Morgan fingerprint density at radius 2 is 1.80 bits per heavy atom. The van der Waals surface area contributed by atoms with Crippen LogP contribution >= 0.6 is 0 Å². The third-order valence-corrected chi connectivity index (χ3v) is 4.13. The van der Waals surface area contributed by atoms with Crippen molar-refractivity contribution in [3.05, 3.63) is 59.9 Å². The molecule has 0 aliphatic rings. The maximum Gasteiger partial charge on any atom is 0.233 e. The van der Waals surface area contributed by atoms with Crippen molar-refractivity contribution >= 4 is 15.7 Å². The molecule has 0 atom stereocenters. The summed E-state index contributed by atoms with van der Waals surface area (Å²) in [7, 11) is -3.45. The number of hydrogen-bond acceptors (Lipinski definition) is 4. The second-order valence-corrected chi connectivity index (χ2v) is 6.18. The quantitative estimate of drug-likeness (QED) is 0.847. The van der Waals surface area contributed by atoms with Crippen molar-refractivity contribution in [2.45, 2.75) is 13.0 Å². The largest absolute Gasteiger partial charge is 0.392 e. The molecule has 1 aromatic heterocycles. The van der Waals surface area contributed by atoms with E-state index in [2.05, 4.69) is 9.71 Å². The molecule has 0 bridgehead atoms. The Balaban J connectivity index is 2.04. The van der Waals surface area contributed by atoms with Gasteiger partial charge < -0.3 is 5.11 Å². The van der Waals surface area contributed by atoms with Crippen LogP contribution < -0.4 is 4.72 Å². The fourth-order valence-electron chi connectivity index (χ4n) is 1.78. The number of pyridine rings is 1. The molecule has 0 unspecified atom stereocenters. The van der Waals surface area contributed by atoms with Crippen LogP contribution in [0.5, 0.6) is 0 Å². The molecule has 2 rings (SSSR count). The number of nitrogens with one attached hydrogen (secondary N) is 1. The number of aromatic nitrogens is 1. The molecule has 1 heterocycles. The van der Waals surface area contributed by atoms with Gasteiger partial charge in [0.1, 0.15) is 0 Å². The van der Waals surface area contributed by atoms with Gasteiger partial charge in [-0.15, -0.1) is 0 Å². The van der Waals surface area contributed by atoms with Gasteiger partial charge in [0.2, 0.25) is 10.0 Å². The van der Waals surface area contributed by atoms with E-state index in [1.165, 1.54) is 0 Å². The monoisotopic (exact) mass is 292 g/mol. The average Bonchev–Trinajstić information content (AvgIpc) is 2.47. The molecule has 1 aromatic carbocycles. The van der Waals surface area contributed by atoms with Gasteiger partial charge in [-0.05, 0) is 30.2 Å². The van der Waals surface area contributed by atoms with E-state index in [-0.39, 0.29) is 12.4 Å². The van der Waals surface area contributed by atoms with Crippen molar-refractivity contribution in [3.8, 4) is 0 Å². The standard InChI is InChI=1S/C14H16N2O3S/c17-11-13-3-1-2-4-14(13)16-20(18,19)10-7-12-5-8-15-9-6-12/h1-6,8-9,16-17H,7,10-11H2. The van der Waals surface area contributed by atoms with E-state index in [4.69, 9.17) is 0 Å². The lowest BCUT2D eigenvalue weighted by Crippen LogP contribution is -2.19. The Morgan fingerprint density at radius 1 is 1.10 bits per heavy atom. The van der Waals surface area contributed by atoms with Crippen LogP contribution in [0.1, 0.15) is 11.1 Å². The molecule has 2 N–H and O–H groups in total. The van der Waals surface area contributed by atoms with Crippen molar-refractivity contribution in [1.82, 2.24) is 4.98 Å². The summed E-state index contributed by atoms with van der Waals surface area (Å²) < 4.78 is 26.6. The van der Waals surface area contributed by atoms with E-state index < -0.39 is 10.0 Å². The first kappa shape index (κ1) is 14.5. The second-order valence-electron chi connectivity index (χ2n) is 4.34. The molecule has 0 amide bonds. The summed E-state index contributed by atoms with van der Waals surface area (Å²) in [5.74, 6) is -0.0171. The SMILES string of the molecule is O=S(=O)(CCc1ccncc1)Nc1ccccc1CO. The lowest BCUT2D eigenvalue weighted by molar-refractivity contribution is 0.282. The number of aliphatic hydroxyl groups is 1. The topological polar surface area (TPSA) is 79.3 Å². The zero-order valence-electron chi connectivity index (χ0n) is 10.9. The normalized spacial score (nSPS) is 11.2. The van der Waals surface area contributed by atoms with Gasteiger partial charge in [0.15, 0.2) is 0 Å². The number of anilines is 1. The van der Waals surface area contributed by atoms with Gasteiger partial charge in [-0.3, -0.25) is 9.71 Å². The van der Waals surface area contributed by atoms with Crippen LogP contribution in [-0.4, -0.2) is 24.3 Å². The van der Waals surface area contributed by atoms with E-state index in [1.807, 2.05) is 0 Å². The van der Waals surface area contributed by atoms with Gasteiger partial charge in [-0.1, -0.05) is 18.2 Å². The molecule has 5 nitrogen and oxygen atoms in total. The molecule has 0 saturated heterocycles. The highest BCUT2D eigenvalue weighted by Crippen LogP contribution is 2.16. The molecule has 106 valence electrons. The minimum Gasteiger partial charge on any atom is -0.392 e. The molecule has 0 saturated carbocycles. The molecule has 6 heteroatoms. The maximum absolute atomic E-state index is 12.0. The van der Waals surface area contributed by atoms with E-state index in [9.17, 15) is 13.5 Å². The number of sulfonamides is 1. The third-order valence-electron chi connectivity index (χ3n) is 2.86. The predicted octanol–water partition coefficient (Wildman–Crippen LogP) is 1.56. The summed E-state index contributed by atoms with van der Waals surface area (Å²) in [6, 6.07) is 10.4. The van der Waals surface area contributed by atoms with Crippen molar-refractivity contribution in [2.75, 3.05) is 10.5 Å². The fourth-order valence-corrected chi connectivity index (χ4v) is 2.92. The van der Waals surface area contributed by atoms with Crippen LogP contribution in [0.2, 0.25) is 0 Å². The highest BCUT2D eigenvalue weighted by atomic mass is 32.2. The Labute approximate surface area is 118 Å². The molecule has 2 aromatic rings. The van der Waals surface area contributed by atoms with Gasteiger partial charge >= 0.3 is 0 Å². The number of rotatable bonds is 6. The highest BCUT2D eigenvalue weighted by molar-refractivity contribution is 7.92. The highest BCUT2D eigenvalue weighted by Gasteiger charge is 2.12. The number of nitrogens with zero attached hydrogens (tertiary/aromatic N) is 1. The van der Waals surface area contributed by atoms with Crippen molar-refractivity contribution in [1.29, 1.82) is 0 Å². The summed E-state index contributed by atoms with van der Waals surface area (Å²) in [5, 5.41) is 9.18. The smallest absolute Gasteiger partial charge is 0.233 e. The summed E-state index contributed by atoms with van der Waals surface area (Å²) in [6.07, 6.45) is 3.69.